The Morgan fingerprint density at radius 1 is 1.19 bits per heavy atom. The average Bonchev–Trinajstić information content (AvgIpc) is 3.17. The van der Waals surface area contributed by atoms with Crippen molar-refractivity contribution in [3.8, 4) is 22.9 Å². The molecule has 0 saturated heterocycles. The number of ether oxygens (including phenoxy) is 2. The number of carbonyl (C=O) groups is 1. The molecule has 1 heterocycles. The second kappa shape index (κ2) is 8.56. The Balaban J connectivity index is 1.59. The fourth-order valence-corrected chi connectivity index (χ4v) is 2.28. The van der Waals surface area contributed by atoms with Gasteiger partial charge >= 0.3 is 0 Å². The molecule has 138 valence electrons. The monoisotopic (exact) mass is 366 g/mol. The topological polar surface area (TPSA) is 104 Å². The van der Waals surface area contributed by atoms with Crippen LogP contribution in [0.5, 0.6) is 11.5 Å². The minimum Gasteiger partial charge on any atom is -0.497 e. The van der Waals surface area contributed by atoms with E-state index in [1.165, 1.54) is 11.0 Å². The van der Waals surface area contributed by atoms with Gasteiger partial charge in [0.1, 0.15) is 18.0 Å². The molecular weight excluding hydrogens is 348 g/mol. The number of methoxy groups -OCH3 is 2. The van der Waals surface area contributed by atoms with Gasteiger partial charge in [0.2, 0.25) is 5.82 Å². The third kappa shape index (κ3) is 4.66. The van der Waals surface area contributed by atoms with Crippen molar-refractivity contribution in [2.45, 2.75) is 6.54 Å². The predicted octanol–water partition coefficient (Wildman–Crippen LogP) is 1.51. The Kier molecular flexibility index (Phi) is 5.73. The number of hydrogen-bond donors (Lipinski definition) is 1. The van der Waals surface area contributed by atoms with Crippen LogP contribution < -0.4 is 14.9 Å². The van der Waals surface area contributed by atoms with Gasteiger partial charge in [0.25, 0.3) is 5.91 Å². The fraction of sp³-hybridized carbons (Fsp3) is 0.167. The van der Waals surface area contributed by atoms with Gasteiger partial charge in [-0.3, -0.25) is 4.79 Å². The highest BCUT2D eigenvalue weighted by molar-refractivity contribution is 5.85. The molecular formula is C18H18N6O3. The van der Waals surface area contributed by atoms with E-state index in [4.69, 9.17) is 9.47 Å². The number of carbonyl (C=O) groups excluding carboxylic acids is 1. The van der Waals surface area contributed by atoms with Crippen molar-refractivity contribution in [3.63, 3.8) is 0 Å². The molecule has 3 rings (SSSR count). The zero-order chi connectivity index (χ0) is 19.1. The minimum atomic E-state index is -0.379. The zero-order valence-corrected chi connectivity index (χ0v) is 14.9. The molecule has 9 heteroatoms. The van der Waals surface area contributed by atoms with Crippen LogP contribution in [0.2, 0.25) is 0 Å². The lowest BCUT2D eigenvalue weighted by Crippen LogP contribution is -2.24. The SMILES string of the molecule is COc1ccc(/C=N\NC(=O)Cn2nnc(-c3ccccc3)n2)c(OC)c1. The van der Waals surface area contributed by atoms with Gasteiger partial charge in [-0.15, -0.1) is 10.2 Å². The van der Waals surface area contributed by atoms with Gasteiger partial charge in [0.05, 0.1) is 20.4 Å². The van der Waals surface area contributed by atoms with E-state index in [0.29, 0.717) is 22.9 Å². The van der Waals surface area contributed by atoms with Crippen molar-refractivity contribution in [2.24, 2.45) is 5.10 Å². The predicted molar refractivity (Wildman–Crippen MR) is 98.5 cm³/mol. The van der Waals surface area contributed by atoms with Gasteiger partial charge in [-0.1, -0.05) is 30.3 Å². The maximum absolute atomic E-state index is 12.0. The first-order valence-corrected chi connectivity index (χ1v) is 8.07. The normalized spacial score (nSPS) is 10.7. The van der Waals surface area contributed by atoms with Crippen LogP contribution in [0.1, 0.15) is 5.56 Å². The summed E-state index contributed by atoms with van der Waals surface area (Å²) < 4.78 is 10.4. The van der Waals surface area contributed by atoms with Crippen LogP contribution in [0.15, 0.2) is 53.6 Å². The first kappa shape index (κ1) is 18.1. The lowest BCUT2D eigenvalue weighted by Gasteiger charge is -2.06. The molecule has 0 spiro atoms. The molecule has 1 N–H and O–H groups in total. The lowest BCUT2D eigenvalue weighted by atomic mass is 10.2. The molecule has 1 amide bonds. The number of aromatic nitrogens is 4. The van der Waals surface area contributed by atoms with Crippen molar-refractivity contribution < 1.29 is 14.3 Å². The molecule has 0 bridgehead atoms. The second-order valence-electron chi connectivity index (χ2n) is 5.41. The maximum atomic E-state index is 12.0. The van der Waals surface area contributed by atoms with E-state index in [-0.39, 0.29) is 12.5 Å². The van der Waals surface area contributed by atoms with Crippen LogP contribution in [0, 0.1) is 0 Å². The van der Waals surface area contributed by atoms with Gasteiger partial charge in [-0.25, -0.2) is 5.43 Å². The standard InChI is InChI=1S/C18H18N6O3/c1-26-15-9-8-14(16(10-15)27-2)11-19-20-17(25)12-24-22-18(21-23-24)13-6-4-3-5-7-13/h3-11H,12H2,1-2H3,(H,20,25)/b19-11-. The van der Waals surface area contributed by atoms with Crippen molar-refractivity contribution in [1.82, 2.24) is 25.6 Å². The molecule has 9 nitrogen and oxygen atoms in total. The molecule has 3 aromatic rings. The zero-order valence-electron chi connectivity index (χ0n) is 14.9. The number of nitrogens with zero attached hydrogens (tertiary/aromatic N) is 5. The highest BCUT2D eigenvalue weighted by Crippen LogP contribution is 2.22. The maximum Gasteiger partial charge on any atom is 0.263 e. The lowest BCUT2D eigenvalue weighted by molar-refractivity contribution is -0.122. The molecule has 2 aromatic carbocycles. The van der Waals surface area contributed by atoms with Gasteiger partial charge in [-0.2, -0.15) is 9.90 Å². The first-order valence-electron chi connectivity index (χ1n) is 8.07. The fourth-order valence-electron chi connectivity index (χ4n) is 2.28. The van der Waals surface area contributed by atoms with Crippen molar-refractivity contribution in [2.75, 3.05) is 14.2 Å². The van der Waals surface area contributed by atoms with Crippen LogP contribution in [0.25, 0.3) is 11.4 Å². The van der Waals surface area contributed by atoms with E-state index in [1.54, 1.807) is 32.4 Å². The molecule has 0 radical (unpaired) electrons. The third-order valence-electron chi connectivity index (χ3n) is 3.60. The molecule has 27 heavy (non-hydrogen) atoms. The van der Waals surface area contributed by atoms with Gasteiger partial charge in [0, 0.05) is 17.2 Å². The summed E-state index contributed by atoms with van der Waals surface area (Å²) in [6.07, 6.45) is 1.49. The Morgan fingerprint density at radius 3 is 2.74 bits per heavy atom. The van der Waals surface area contributed by atoms with Crippen LogP contribution in [-0.4, -0.2) is 46.5 Å². The highest BCUT2D eigenvalue weighted by Gasteiger charge is 2.08. The number of hydrazone groups is 1. The minimum absolute atomic E-state index is 0.100. The van der Waals surface area contributed by atoms with E-state index in [1.807, 2.05) is 30.3 Å². The van der Waals surface area contributed by atoms with Gasteiger partial charge < -0.3 is 9.47 Å². The average molecular weight is 366 g/mol. The summed E-state index contributed by atoms with van der Waals surface area (Å²) in [5, 5.41) is 15.9. The third-order valence-corrected chi connectivity index (χ3v) is 3.60. The molecule has 1 aromatic heterocycles. The molecule has 0 fully saturated rings. The van der Waals surface area contributed by atoms with Gasteiger partial charge in [0.15, 0.2) is 0 Å². The number of hydrogen-bond acceptors (Lipinski definition) is 7. The van der Waals surface area contributed by atoms with Crippen LogP contribution in [-0.2, 0) is 11.3 Å². The van der Waals surface area contributed by atoms with E-state index in [2.05, 4.69) is 25.9 Å². The van der Waals surface area contributed by atoms with E-state index in [0.717, 1.165) is 5.56 Å². The Labute approximate surface area is 155 Å². The number of benzene rings is 2. The summed E-state index contributed by atoms with van der Waals surface area (Å²) in [6.45, 7) is -0.100. The van der Waals surface area contributed by atoms with E-state index in [9.17, 15) is 4.79 Å². The Hall–Kier alpha value is -3.75. The van der Waals surface area contributed by atoms with E-state index < -0.39 is 0 Å². The Bertz CT molecular complexity index is 939. The van der Waals surface area contributed by atoms with Crippen molar-refractivity contribution >= 4 is 12.1 Å². The van der Waals surface area contributed by atoms with Gasteiger partial charge in [-0.05, 0) is 17.3 Å². The summed E-state index contributed by atoms with van der Waals surface area (Å²) >= 11 is 0. The quantitative estimate of drug-likeness (QED) is 0.502. The van der Waals surface area contributed by atoms with Crippen molar-refractivity contribution in [3.05, 3.63) is 54.1 Å². The largest absolute Gasteiger partial charge is 0.497 e. The summed E-state index contributed by atoms with van der Waals surface area (Å²) in [7, 11) is 3.12. The summed E-state index contributed by atoms with van der Waals surface area (Å²) in [5.74, 6) is 1.32. The molecule has 0 unspecified atom stereocenters. The summed E-state index contributed by atoms with van der Waals surface area (Å²) in [4.78, 5) is 13.2. The molecule has 0 atom stereocenters. The molecule has 0 saturated carbocycles. The number of rotatable bonds is 7. The first-order chi connectivity index (χ1) is 13.2. The van der Waals surface area contributed by atoms with E-state index >= 15 is 0 Å². The van der Waals surface area contributed by atoms with Crippen LogP contribution >= 0.6 is 0 Å². The second-order valence-corrected chi connectivity index (χ2v) is 5.41. The molecule has 0 aliphatic heterocycles. The van der Waals surface area contributed by atoms with Crippen LogP contribution in [0.4, 0.5) is 0 Å². The summed E-state index contributed by atoms with van der Waals surface area (Å²) in [6, 6.07) is 14.7. The number of nitrogens with one attached hydrogen (secondary N) is 1. The number of tetrazole rings is 1. The molecule has 0 aliphatic rings. The summed E-state index contributed by atoms with van der Waals surface area (Å²) in [5.41, 5.74) is 3.95. The Morgan fingerprint density at radius 2 is 2.00 bits per heavy atom. The smallest absolute Gasteiger partial charge is 0.263 e. The molecule has 0 aliphatic carbocycles. The van der Waals surface area contributed by atoms with Crippen LogP contribution in [0.3, 0.4) is 0 Å². The van der Waals surface area contributed by atoms with Crippen molar-refractivity contribution in [1.29, 1.82) is 0 Å². The number of amides is 1. The highest BCUT2D eigenvalue weighted by atomic mass is 16.5.